The van der Waals surface area contributed by atoms with Crippen LogP contribution in [0.15, 0.2) is 0 Å². The first-order chi connectivity index (χ1) is 6.19. The topological polar surface area (TPSA) is 38.3 Å². The quantitative estimate of drug-likeness (QED) is 0.738. The van der Waals surface area contributed by atoms with Crippen LogP contribution in [0.3, 0.4) is 0 Å². The number of halogens is 1. The molecule has 3 nitrogen and oxygen atoms in total. The van der Waals surface area contributed by atoms with Gasteiger partial charge in [-0.3, -0.25) is 4.79 Å². The predicted octanol–water partition coefficient (Wildman–Crippen LogP) is 1.75. The number of carbonyl (C=O) groups is 1. The lowest BCUT2D eigenvalue weighted by molar-refractivity contribution is -0.146. The van der Waals surface area contributed by atoms with Crippen LogP contribution in [0, 0.1) is 5.92 Å². The summed E-state index contributed by atoms with van der Waals surface area (Å²) in [5.74, 6) is 0.315. The molecule has 4 heteroatoms. The maximum absolute atomic E-state index is 11.4. The molecule has 1 saturated heterocycles. The lowest BCUT2D eigenvalue weighted by Crippen LogP contribution is -2.38. The molecule has 0 aromatic carbocycles. The SMILES string of the molecule is CCOC(=O)C1NC(CC)CC1C.Cl. The van der Waals surface area contributed by atoms with Gasteiger partial charge >= 0.3 is 5.97 Å². The zero-order valence-electron chi connectivity index (χ0n) is 9.08. The van der Waals surface area contributed by atoms with Crippen LogP contribution in [0.4, 0.5) is 0 Å². The first-order valence-electron chi connectivity index (χ1n) is 5.11. The van der Waals surface area contributed by atoms with Gasteiger partial charge in [-0.05, 0) is 25.7 Å². The number of hydrogen-bond donors (Lipinski definition) is 1. The van der Waals surface area contributed by atoms with Crippen molar-refractivity contribution in [3.8, 4) is 0 Å². The monoisotopic (exact) mass is 221 g/mol. The van der Waals surface area contributed by atoms with E-state index < -0.39 is 0 Å². The van der Waals surface area contributed by atoms with Gasteiger partial charge in [-0.15, -0.1) is 12.4 Å². The minimum absolute atomic E-state index is 0. The summed E-state index contributed by atoms with van der Waals surface area (Å²) < 4.78 is 4.99. The average Bonchev–Trinajstić information content (AvgIpc) is 2.47. The highest BCUT2D eigenvalue weighted by Gasteiger charge is 2.35. The first kappa shape index (κ1) is 13.7. The predicted molar refractivity (Wildman–Crippen MR) is 58.7 cm³/mol. The molecule has 84 valence electrons. The number of carbonyl (C=O) groups excluding carboxylic acids is 1. The zero-order chi connectivity index (χ0) is 9.84. The fourth-order valence-corrected chi connectivity index (χ4v) is 1.89. The van der Waals surface area contributed by atoms with E-state index >= 15 is 0 Å². The lowest BCUT2D eigenvalue weighted by Gasteiger charge is -2.13. The Morgan fingerprint density at radius 2 is 2.14 bits per heavy atom. The highest BCUT2D eigenvalue weighted by Crippen LogP contribution is 2.22. The third-order valence-electron chi connectivity index (χ3n) is 2.67. The van der Waals surface area contributed by atoms with Crippen LogP contribution in [0.25, 0.3) is 0 Å². The summed E-state index contributed by atoms with van der Waals surface area (Å²) in [6, 6.07) is 0.411. The summed E-state index contributed by atoms with van der Waals surface area (Å²) in [6.07, 6.45) is 2.17. The number of hydrogen-bond acceptors (Lipinski definition) is 3. The maximum Gasteiger partial charge on any atom is 0.323 e. The van der Waals surface area contributed by atoms with E-state index in [-0.39, 0.29) is 24.4 Å². The molecule has 0 spiro atoms. The Morgan fingerprint density at radius 1 is 1.50 bits per heavy atom. The van der Waals surface area contributed by atoms with Crippen LogP contribution in [0.2, 0.25) is 0 Å². The molecule has 1 rings (SSSR count). The number of esters is 1. The van der Waals surface area contributed by atoms with E-state index in [1.165, 1.54) is 0 Å². The van der Waals surface area contributed by atoms with Crippen molar-refractivity contribution in [1.29, 1.82) is 0 Å². The Morgan fingerprint density at radius 3 is 2.57 bits per heavy atom. The maximum atomic E-state index is 11.4. The molecule has 14 heavy (non-hydrogen) atoms. The van der Waals surface area contributed by atoms with Gasteiger partial charge in [0.25, 0.3) is 0 Å². The number of ether oxygens (including phenoxy) is 1. The Kier molecular flexibility index (Phi) is 6.12. The standard InChI is InChI=1S/C10H19NO2.ClH/c1-4-8-6-7(3)9(11-8)10(12)13-5-2;/h7-9,11H,4-6H2,1-3H3;1H. The highest BCUT2D eigenvalue weighted by molar-refractivity contribution is 5.85. The van der Waals surface area contributed by atoms with Crippen LogP contribution < -0.4 is 5.32 Å². The summed E-state index contributed by atoms with van der Waals surface area (Å²) in [5.41, 5.74) is 0. The van der Waals surface area contributed by atoms with Crippen molar-refractivity contribution < 1.29 is 9.53 Å². The molecule has 1 N–H and O–H groups in total. The van der Waals surface area contributed by atoms with Gasteiger partial charge in [0, 0.05) is 6.04 Å². The smallest absolute Gasteiger partial charge is 0.323 e. The van der Waals surface area contributed by atoms with Gasteiger partial charge < -0.3 is 10.1 Å². The fourth-order valence-electron chi connectivity index (χ4n) is 1.89. The van der Waals surface area contributed by atoms with Crippen molar-refractivity contribution in [1.82, 2.24) is 5.32 Å². The van der Waals surface area contributed by atoms with Crippen LogP contribution in [-0.4, -0.2) is 24.7 Å². The molecule has 0 aliphatic carbocycles. The summed E-state index contributed by atoms with van der Waals surface area (Å²) in [7, 11) is 0. The molecule has 0 aromatic rings. The molecule has 0 bridgehead atoms. The Hall–Kier alpha value is -0.280. The van der Waals surface area contributed by atoms with E-state index in [4.69, 9.17) is 4.74 Å². The molecule has 1 fully saturated rings. The molecule has 0 radical (unpaired) electrons. The molecular weight excluding hydrogens is 202 g/mol. The molecule has 0 amide bonds. The van der Waals surface area contributed by atoms with E-state index in [2.05, 4.69) is 19.2 Å². The van der Waals surface area contributed by atoms with E-state index in [1.807, 2.05) is 6.92 Å². The van der Waals surface area contributed by atoms with Crippen molar-refractivity contribution in [2.24, 2.45) is 5.92 Å². The summed E-state index contributed by atoms with van der Waals surface area (Å²) >= 11 is 0. The molecule has 0 saturated carbocycles. The van der Waals surface area contributed by atoms with E-state index in [9.17, 15) is 4.79 Å². The second-order valence-electron chi connectivity index (χ2n) is 3.71. The van der Waals surface area contributed by atoms with Gasteiger partial charge in [-0.25, -0.2) is 0 Å². The van der Waals surface area contributed by atoms with E-state index in [1.54, 1.807) is 0 Å². The molecular formula is C10H20ClNO2. The molecule has 3 atom stereocenters. The van der Waals surface area contributed by atoms with Crippen molar-refractivity contribution in [2.45, 2.75) is 45.7 Å². The normalized spacial score (nSPS) is 30.9. The summed E-state index contributed by atoms with van der Waals surface area (Å²) in [4.78, 5) is 11.4. The molecule has 3 unspecified atom stereocenters. The summed E-state index contributed by atoms with van der Waals surface area (Å²) in [6.45, 7) is 6.55. The van der Waals surface area contributed by atoms with Gasteiger partial charge in [0.2, 0.25) is 0 Å². The minimum atomic E-state index is -0.0917. The summed E-state index contributed by atoms with van der Waals surface area (Å²) in [5, 5.41) is 3.30. The minimum Gasteiger partial charge on any atom is -0.465 e. The second kappa shape index (κ2) is 6.25. The van der Waals surface area contributed by atoms with Gasteiger partial charge in [0.15, 0.2) is 0 Å². The van der Waals surface area contributed by atoms with Crippen molar-refractivity contribution >= 4 is 18.4 Å². The second-order valence-corrected chi connectivity index (χ2v) is 3.71. The third-order valence-corrected chi connectivity index (χ3v) is 2.67. The Bertz CT molecular complexity index is 187. The van der Waals surface area contributed by atoms with Crippen LogP contribution >= 0.6 is 12.4 Å². The Balaban J connectivity index is 0.00000169. The molecule has 0 aromatic heterocycles. The lowest BCUT2D eigenvalue weighted by atomic mass is 10.0. The van der Waals surface area contributed by atoms with Gasteiger partial charge in [0.05, 0.1) is 6.61 Å². The van der Waals surface area contributed by atoms with Crippen molar-refractivity contribution in [3.63, 3.8) is 0 Å². The fraction of sp³-hybridized carbons (Fsp3) is 0.900. The van der Waals surface area contributed by atoms with Crippen molar-refractivity contribution in [3.05, 3.63) is 0 Å². The van der Waals surface area contributed by atoms with Crippen LogP contribution in [0.1, 0.15) is 33.6 Å². The molecule has 1 heterocycles. The van der Waals surface area contributed by atoms with E-state index in [0.717, 1.165) is 12.8 Å². The number of rotatable bonds is 3. The van der Waals surface area contributed by atoms with Crippen LogP contribution in [0.5, 0.6) is 0 Å². The van der Waals surface area contributed by atoms with E-state index in [0.29, 0.717) is 18.6 Å². The zero-order valence-corrected chi connectivity index (χ0v) is 9.89. The van der Waals surface area contributed by atoms with Gasteiger partial charge in [0.1, 0.15) is 6.04 Å². The molecule has 1 aliphatic heterocycles. The average molecular weight is 222 g/mol. The van der Waals surface area contributed by atoms with Crippen molar-refractivity contribution in [2.75, 3.05) is 6.61 Å². The van der Waals surface area contributed by atoms with Gasteiger partial charge in [-0.2, -0.15) is 0 Å². The number of nitrogens with one attached hydrogen (secondary N) is 1. The highest BCUT2D eigenvalue weighted by atomic mass is 35.5. The largest absolute Gasteiger partial charge is 0.465 e. The van der Waals surface area contributed by atoms with Crippen LogP contribution in [-0.2, 0) is 9.53 Å². The van der Waals surface area contributed by atoms with Gasteiger partial charge in [-0.1, -0.05) is 13.8 Å². The molecule has 1 aliphatic rings. The third kappa shape index (κ3) is 3.14. The Labute approximate surface area is 92.0 Å². The first-order valence-corrected chi connectivity index (χ1v) is 5.11.